The van der Waals surface area contributed by atoms with Gasteiger partial charge >= 0.3 is 0 Å². The van der Waals surface area contributed by atoms with Crippen LogP contribution in [-0.4, -0.2) is 41.3 Å². The minimum Gasteiger partial charge on any atom is -0.493 e. The number of ether oxygens (including phenoxy) is 2. The first-order valence-electron chi connectivity index (χ1n) is 8.38. The summed E-state index contributed by atoms with van der Waals surface area (Å²) in [4.78, 5) is 6.49. The van der Waals surface area contributed by atoms with Crippen LogP contribution in [0.4, 0.5) is 0 Å². The largest absolute Gasteiger partial charge is 0.493 e. The molecule has 1 aromatic carbocycles. The van der Waals surface area contributed by atoms with E-state index in [0.717, 1.165) is 44.1 Å². The highest BCUT2D eigenvalue weighted by Crippen LogP contribution is 2.32. The molecule has 5 nitrogen and oxygen atoms in total. The summed E-state index contributed by atoms with van der Waals surface area (Å²) in [6.07, 6.45) is 8.97. The zero-order chi connectivity index (χ0) is 16.8. The highest BCUT2D eigenvalue weighted by Gasteiger charge is 2.15. The summed E-state index contributed by atoms with van der Waals surface area (Å²) in [5, 5.41) is 0. The van der Waals surface area contributed by atoms with Crippen molar-refractivity contribution in [1.82, 2.24) is 14.5 Å². The number of hydrogen-bond acceptors (Lipinski definition) is 4. The Bertz CT molecular complexity index is 680. The second kappa shape index (κ2) is 8.02. The highest BCUT2D eigenvalue weighted by atomic mass is 16.5. The molecular weight excluding hydrogens is 302 g/mol. The van der Waals surface area contributed by atoms with Crippen molar-refractivity contribution < 1.29 is 9.47 Å². The van der Waals surface area contributed by atoms with E-state index >= 15 is 0 Å². The fourth-order valence-electron chi connectivity index (χ4n) is 2.88. The standard InChI is InChI=1S/C19H25N3O2/c1-16-6-9-21(10-7-16)14-17-4-3-5-18(23-2)19(17)24-13-12-22-11-8-20-15-22/h3-6,8,11,15H,7,9-10,12-14H2,1-2H3. The molecule has 0 atom stereocenters. The number of methoxy groups -OCH3 is 1. The summed E-state index contributed by atoms with van der Waals surface area (Å²) in [6, 6.07) is 6.11. The number of aromatic nitrogens is 2. The molecule has 0 N–H and O–H groups in total. The maximum absolute atomic E-state index is 6.08. The van der Waals surface area contributed by atoms with Crippen LogP contribution in [0.15, 0.2) is 48.6 Å². The lowest BCUT2D eigenvalue weighted by Crippen LogP contribution is -2.28. The quantitative estimate of drug-likeness (QED) is 0.733. The summed E-state index contributed by atoms with van der Waals surface area (Å²) < 4.78 is 13.6. The summed E-state index contributed by atoms with van der Waals surface area (Å²) in [5.41, 5.74) is 2.65. The highest BCUT2D eigenvalue weighted by molar-refractivity contribution is 5.46. The molecule has 0 unspecified atom stereocenters. The molecule has 24 heavy (non-hydrogen) atoms. The molecule has 2 aromatic rings. The van der Waals surface area contributed by atoms with Crippen LogP contribution in [-0.2, 0) is 13.1 Å². The molecule has 0 amide bonds. The van der Waals surface area contributed by atoms with Crippen LogP contribution in [0.3, 0.4) is 0 Å². The molecule has 1 aliphatic rings. The zero-order valence-corrected chi connectivity index (χ0v) is 14.4. The Morgan fingerprint density at radius 1 is 1.29 bits per heavy atom. The summed E-state index contributed by atoms with van der Waals surface area (Å²) in [7, 11) is 1.69. The molecular formula is C19H25N3O2. The number of para-hydroxylation sites is 1. The van der Waals surface area contributed by atoms with Crippen molar-refractivity contribution in [2.24, 2.45) is 0 Å². The first-order chi connectivity index (χ1) is 11.8. The lowest BCUT2D eigenvalue weighted by Gasteiger charge is -2.26. The molecule has 0 saturated carbocycles. The van der Waals surface area contributed by atoms with Crippen LogP contribution in [0.5, 0.6) is 11.5 Å². The minimum absolute atomic E-state index is 0.586. The SMILES string of the molecule is COc1cccc(CN2CC=C(C)CC2)c1OCCn1ccnc1. The van der Waals surface area contributed by atoms with Crippen LogP contribution in [0, 0.1) is 0 Å². The number of nitrogens with zero attached hydrogens (tertiary/aromatic N) is 3. The minimum atomic E-state index is 0.586. The van der Waals surface area contributed by atoms with Gasteiger partial charge in [-0.25, -0.2) is 4.98 Å². The maximum Gasteiger partial charge on any atom is 0.165 e. The molecule has 2 heterocycles. The van der Waals surface area contributed by atoms with Gasteiger partial charge in [-0.3, -0.25) is 4.90 Å². The van der Waals surface area contributed by atoms with Crippen LogP contribution >= 0.6 is 0 Å². The van der Waals surface area contributed by atoms with Crippen molar-refractivity contribution in [1.29, 1.82) is 0 Å². The second-order valence-corrected chi connectivity index (χ2v) is 6.13. The Hall–Kier alpha value is -2.27. The molecule has 0 aliphatic carbocycles. The molecule has 0 bridgehead atoms. The molecule has 1 aliphatic heterocycles. The lowest BCUT2D eigenvalue weighted by molar-refractivity contribution is 0.256. The lowest BCUT2D eigenvalue weighted by atomic mass is 10.1. The summed E-state index contributed by atoms with van der Waals surface area (Å²) in [6.45, 7) is 6.52. The van der Waals surface area contributed by atoms with E-state index in [1.807, 2.05) is 22.9 Å². The predicted octanol–water partition coefficient (Wildman–Crippen LogP) is 3.12. The molecule has 1 aromatic heterocycles. The fourth-order valence-corrected chi connectivity index (χ4v) is 2.88. The average Bonchev–Trinajstić information content (AvgIpc) is 3.11. The van der Waals surface area contributed by atoms with E-state index in [0.29, 0.717) is 6.61 Å². The first kappa shape index (κ1) is 16.6. The van der Waals surface area contributed by atoms with Crippen LogP contribution in [0.2, 0.25) is 0 Å². The van der Waals surface area contributed by atoms with E-state index in [9.17, 15) is 0 Å². The van der Waals surface area contributed by atoms with Gasteiger partial charge in [-0.1, -0.05) is 23.8 Å². The smallest absolute Gasteiger partial charge is 0.165 e. The first-order valence-corrected chi connectivity index (χ1v) is 8.38. The normalized spacial score (nSPS) is 15.2. The number of hydrogen-bond donors (Lipinski definition) is 0. The fraction of sp³-hybridized carbons (Fsp3) is 0.421. The van der Waals surface area contributed by atoms with Gasteiger partial charge in [0, 0.05) is 37.6 Å². The molecule has 3 rings (SSSR count). The van der Waals surface area contributed by atoms with Crippen LogP contribution < -0.4 is 9.47 Å². The van der Waals surface area contributed by atoms with Gasteiger partial charge in [0.25, 0.3) is 0 Å². The number of benzene rings is 1. The van der Waals surface area contributed by atoms with Crippen molar-refractivity contribution in [2.75, 3.05) is 26.8 Å². The Kier molecular flexibility index (Phi) is 5.54. The second-order valence-electron chi connectivity index (χ2n) is 6.13. The predicted molar refractivity (Wildman–Crippen MR) is 94.4 cm³/mol. The molecule has 5 heteroatoms. The van der Waals surface area contributed by atoms with E-state index in [1.54, 1.807) is 19.6 Å². The molecule has 0 spiro atoms. The van der Waals surface area contributed by atoms with E-state index < -0.39 is 0 Å². The molecule has 0 saturated heterocycles. The zero-order valence-electron chi connectivity index (χ0n) is 14.4. The maximum atomic E-state index is 6.08. The van der Waals surface area contributed by atoms with E-state index in [1.165, 1.54) is 11.1 Å². The van der Waals surface area contributed by atoms with Gasteiger partial charge in [0.2, 0.25) is 0 Å². The van der Waals surface area contributed by atoms with Gasteiger partial charge in [0.1, 0.15) is 6.61 Å². The van der Waals surface area contributed by atoms with Crippen LogP contribution in [0.1, 0.15) is 18.9 Å². The number of imidazole rings is 1. The Labute approximate surface area is 143 Å². The van der Waals surface area contributed by atoms with Crippen molar-refractivity contribution >= 4 is 0 Å². The topological polar surface area (TPSA) is 39.5 Å². The summed E-state index contributed by atoms with van der Waals surface area (Å²) >= 11 is 0. The monoisotopic (exact) mass is 327 g/mol. The van der Waals surface area contributed by atoms with Crippen molar-refractivity contribution in [3.05, 3.63) is 54.1 Å². The third-order valence-electron chi connectivity index (χ3n) is 4.35. The Morgan fingerprint density at radius 3 is 2.92 bits per heavy atom. The average molecular weight is 327 g/mol. The van der Waals surface area contributed by atoms with Crippen molar-refractivity contribution in [3.8, 4) is 11.5 Å². The van der Waals surface area contributed by atoms with Gasteiger partial charge in [0.15, 0.2) is 11.5 Å². The van der Waals surface area contributed by atoms with Gasteiger partial charge in [0.05, 0.1) is 20.0 Å². The van der Waals surface area contributed by atoms with Gasteiger partial charge < -0.3 is 14.0 Å². The Balaban J connectivity index is 1.68. The molecule has 128 valence electrons. The van der Waals surface area contributed by atoms with Crippen molar-refractivity contribution in [3.63, 3.8) is 0 Å². The van der Waals surface area contributed by atoms with Crippen LogP contribution in [0.25, 0.3) is 0 Å². The summed E-state index contributed by atoms with van der Waals surface area (Å²) in [5.74, 6) is 1.65. The third-order valence-corrected chi connectivity index (χ3v) is 4.35. The molecule has 0 radical (unpaired) electrons. The number of rotatable bonds is 7. The van der Waals surface area contributed by atoms with E-state index in [-0.39, 0.29) is 0 Å². The Morgan fingerprint density at radius 2 is 2.21 bits per heavy atom. The van der Waals surface area contributed by atoms with Gasteiger partial charge in [-0.2, -0.15) is 0 Å². The molecule has 0 fully saturated rings. The third kappa shape index (κ3) is 4.17. The van der Waals surface area contributed by atoms with Gasteiger partial charge in [-0.15, -0.1) is 0 Å². The van der Waals surface area contributed by atoms with Crippen molar-refractivity contribution in [2.45, 2.75) is 26.4 Å². The van der Waals surface area contributed by atoms with Gasteiger partial charge in [-0.05, 0) is 19.4 Å². The van der Waals surface area contributed by atoms with E-state index in [4.69, 9.17) is 9.47 Å². The van der Waals surface area contributed by atoms with E-state index in [2.05, 4.69) is 29.0 Å².